The molecule has 1 unspecified atom stereocenters. The Bertz CT molecular complexity index is 608. The summed E-state index contributed by atoms with van der Waals surface area (Å²) in [6, 6.07) is 10.6. The molecule has 1 amide bonds. The minimum absolute atomic E-state index is 0.146. The van der Waals surface area contributed by atoms with E-state index in [1.54, 1.807) is 0 Å². The van der Waals surface area contributed by atoms with Gasteiger partial charge in [-0.1, -0.05) is 54.6 Å². The van der Waals surface area contributed by atoms with Crippen molar-refractivity contribution in [3.05, 3.63) is 60.2 Å². The lowest BCUT2D eigenvalue weighted by Crippen LogP contribution is -2.21. The van der Waals surface area contributed by atoms with Gasteiger partial charge in [0, 0.05) is 18.9 Å². The van der Waals surface area contributed by atoms with Gasteiger partial charge in [0.2, 0.25) is 5.91 Å². The van der Waals surface area contributed by atoms with Crippen LogP contribution >= 0.6 is 0 Å². The first-order chi connectivity index (χ1) is 13.7. The predicted octanol–water partition coefficient (Wildman–Crippen LogP) is 5.21. The van der Waals surface area contributed by atoms with E-state index in [-0.39, 0.29) is 17.9 Å². The summed E-state index contributed by atoms with van der Waals surface area (Å²) in [7, 11) is 0. The number of carbonyl (C=O) groups excluding carboxylic acids is 1. The van der Waals surface area contributed by atoms with Crippen molar-refractivity contribution in [2.24, 2.45) is 11.8 Å². The number of allylic oxidation sites excluding steroid dienone is 3. The zero-order valence-corrected chi connectivity index (χ0v) is 17.4. The molecule has 0 bridgehead atoms. The highest BCUT2D eigenvalue weighted by Gasteiger charge is 2.31. The molecule has 1 aliphatic rings. The van der Waals surface area contributed by atoms with Crippen LogP contribution in [0.3, 0.4) is 0 Å². The van der Waals surface area contributed by atoms with Crippen LogP contribution in [0.5, 0.6) is 0 Å². The number of nitrogens with one attached hydrogen (secondary N) is 1. The summed E-state index contributed by atoms with van der Waals surface area (Å²) < 4.78 is 0. The van der Waals surface area contributed by atoms with E-state index >= 15 is 0 Å². The van der Waals surface area contributed by atoms with Crippen LogP contribution in [0.25, 0.3) is 0 Å². The van der Waals surface area contributed by atoms with Gasteiger partial charge in [0.1, 0.15) is 0 Å². The van der Waals surface area contributed by atoms with Gasteiger partial charge in [-0.3, -0.25) is 4.79 Å². The van der Waals surface area contributed by atoms with Gasteiger partial charge in [0.05, 0.1) is 6.10 Å². The Balaban J connectivity index is 1.65. The highest BCUT2D eigenvalue weighted by molar-refractivity contribution is 5.75. The first-order valence-corrected chi connectivity index (χ1v) is 11.0. The summed E-state index contributed by atoms with van der Waals surface area (Å²) in [6.45, 7) is 2.65. The van der Waals surface area contributed by atoms with E-state index in [0.717, 1.165) is 51.4 Å². The van der Waals surface area contributed by atoms with Crippen molar-refractivity contribution in [3.8, 4) is 0 Å². The Hall–Kier alpha value is -1.87. The third-order valence-corrected chi connectivity index (χ3v) is 5.61. The number of benzene rings is 1. The third-order valence-electron chi connectivity index (χ3n) is 5.61. The van der Waals surface area contributed by atoms with Crippen molar-refractivity contribution in [1.29, 1.82) is 0 Å². The molecule has 1 aliphatic carbocycles. The molecule has 1 fully saturated rings. The van der Waals surface area contributed by atoms with Crippen LogP contribution < -0.4 is 5.32 Å². The fourth-order valence-electron chi connectivity index (χ4n) is 4.02. The molecule has 3 atom stereocenters. The van der Waals surface area contributed by atoms with E-state index in [9.17, 15) is 9.90 Å². The Labute approximate surface area is 170 Å². The largest absolute Gasteiger partial charge is 0.393 e. The minimum atomic E-state index is -0.193. The number of hydrogen-bond donors (Lipinski definition) is 2. The van der Waals surface area contributed by atoms with Crippen LogP contribution in [0.15, 0.2) is 54.6 Å². The highest BCUT2D eigenvalue weighted by atomic mass is 16.3. The number of aryl methyl sites for hydroxylation is 1. The van der Waals surface area contributed by atoms with E-state index < -0.39 is 0 Å². The second-order valence-electron chi connectivity index (χ2n) is 7.84. The SMILES string of the molecule is CCNC(=O)CCC/C=C\C[C@H]1CC[C@@H](O)C1/C=C/CCCc1ccccc1. The van der Waals surface area contributed by atoms with Crippen molar-refractivity contribution in [3.63, 3.8) is 0 Å². The van der Waals surface area contributed by atoms with Crippen LogP contribution in [0.4, 0.5) is 0 Å². The van der Waals surface area contributed by atoms with E-state index in [4.69, 9.17) is 0 Å². The summed E-state index contributed by atoms with van der Waals surface area (Å²) >= 11 is 0. The number of amides is 1. The number of carbonyl (C=O) groups is 1. The normalized spacial score (nSPS) is 22.3. The zero-order chi connectivity index (χ0) is 20.0. The van der Waals surface area contributed by atoms with Crippen LogP contribution in [0.2, 0.25) is 0 Å². The van der Waals surface area contributed by atoms with Crippen LogP contribution in [-0.2, 0) is 11.2 Å². The molecule has 3 nitrogen and oxygen atoms in total. The number of hydrogen-bond acceptors (Lipinski definition) is 2. The molecule has 0 aliphatic heterocycles. The van der Waals surface area contributed by atoms with Crippen molar-refractivity contribution in [1.82, 2.24) is 5.32 Å². The van der Waals surface area contributed by atoms with Gasteiger partial charge in [0.25, 0.3) is 0 Å². The van der Waals surface area contributed by atoms with E-state index in [0.29, 0.717) is 18.9 Å². The third kappa shape index (κ3) is 8.43. The van der Waals surface area contributed by atoms with Crippen LogP contribution in [0.1, 0.15) is 63.9 Å². The van der Waals surface area contributed by atoms with Gasteiger partial charge >= 0.3 is 0 Å². The lowest BCUT2D eigenvalue weighted by atomic mass is 9.90. The van der Waals surface area contributed by atoms with Crippen LogP contribution in [-0.4, -0.2) is 23.7 Å². The number of unbranched alkanes of at least 4 members (excludes halogenated alkanes) is 2. The van der Waals surface area contributed by atoms with Crippen molar-refractivity contribution < 1.29 is 9.90 Å². The summed E-state index contributed by atoms with van der Waals surface area (Å²) in [5.41, 5.74) is 1.40. The minimum Gasteiger partial charge on any atom is -0.393 e. The Kier molecular flexibility index (Phi) is 10.7. The maximum Gasteiger partial charge on any atom is 0.219 e. The van der Waals surface area contributed by atoms with Gasteiger partial charge in [-0.15, -0.1) is 0 Å². The molecule has 0 spiro atoms. The van der Waals surface area contributed by atoms with Gasteiger partial charge in [-0.05, 0) is 69.8 Å². The van der Waals surface area contributed by atoms with Crippen molar-refractivity contribution in [2.45, 2.75) is 70.8 Å². The molecule has 0 aromatic heterocycles. The smallest absolute Gasteiger partial charge is 0.219 e. The standard InChI is InChI=1S/C25H37NO2/c1-2-26-25(28)18-12-4-3-10-16-22-19-20-24(27)23(22)17-11-6-9-15-21-13-7-5-8-14-21/h3,5,7-8,10-11,13-14,17,22-24,27H,2,4,6,9,12,15-16,18-20H2,1H3,(H,26,28)/b10-3-,17-11+/t22-,23?,24+/m0/s1. The average Bonchev–Trinajstić information content (AvgIpc) is 3.05. The monoisotopic (exact) mass is 383 g/mol. The second-order valence-corrected chi connectivity index (χ2v) is 7.84. The lowest BCUT2D eigenvalue weighted by molar-refractivity contribution is -0.121. The summed E-state index contributed by atoms with van der Waals surface area (Å²) in [6.07, 6.45) is 17.6. The maximum atomic E-state index is 11.4. The topological polar surface area (TPSA) is 49.3 Å². The first kappa shape index (κ1) is 22.4. The highest BCUT2D eigenvalue weighted by Crippen LogP contribution is 2.36. The van der Waals surface area contributed by atoms with Gasteiger partial charge in [-0.2, -0.15) is 0 Å². The first-order valence-electron chi connectivity index (χ1n) is 11.0. The fourth-order valence-corrected chi connectivity index (χ4v) is 4.02. The Morgan fingerprint density at radius 3 is 2.68 bits per heavy atom. The lowest BCUT2D eigenvalue weighted by Gasteiger charge is -2.17. The quantitative estimate of drug-likeness (QED) is 0.385. The van der Waals surface area contributed by atoms with Crippen LogP contribution in [0, 0.1) is 11.8 Å². The zero-order valence-electron chi connectivity index (χ0n) is 17.4. The molecule has 154 valence electrons. The Morgan fingerprint density at radius 2 is 1.89 bits per heavy atom. The number of aliphatic hydroxyl groups excluding tert-OH is 1. The maximum absolute atomic E-state index is 11.4. The van der Waals surface area contributed by atoms with E-state index in [2.05, 4.69) is 60.0 Å². The molecule has 28 heavy (non-hydrogen) atoms. The van der Waals surface area contributed by atoms with E-state index in [1.165, 1.54) is 5.56 Å². The molecule has 0 saturated heterocycles. The molecule has 1 saturated carbocycles. The molecular formula is C25H37NO2. The Morgan fingerprint density at radius 1 is 1.11 bits per heavy atom. The van der Waals surface area contributed by atoms with Gasteiger partial charge < -0.3 is 10.4 Å². The molecule has 1 aromatic carbocycles. The molecule has 0 radical (unpaired) electrons. The summed E-state index contributed by atoms with van der Waals surface area (Å²) in [4.78, 5) is 11.4. The predicted molar refractivity (Wildman–Crippen MR) is 117 cm³/mol. The molecule has 3 heteroatoms. The molecule has 2 rings (SSSR count). The molecule has 0 heterocycles. The molecule has 2 N–H and O–H groups in total. The van der Waals surface area contributed by atoms with Gasteiger partial charge in [0.15, 0.2) is 0 Å². The summed E-state index contributed by atoms with van der Waals surface area (Å²) in [5, 5.41) is 13.2. The molecular weight excluding hydrogens is 346 g/mol. The summed E-state index contributed by atoms with van der Waals surface area (Å²) in [5.74, 6) is 0.976. The van der Waals surface area contributed by atoms with Crippen molar-refractivity contribution >= 4 is 5.91 Å². The second kappa shape index (κ2) is 13.3. The average molecular weight is 384 g/mol. The fraction of sp³-hybridized carbons (Fsp3) is 0.560. The van der Waals surface area contributed by atoms with Crippen molar-refractivity contribution in [2.75, 3.05) is 6.54 Å². The molecule has 1 aromatic rings. The van der Waals surface area contributed by atoms with E-state index in [1.807, 2.05) is 6.92 Å². The number of aliphatic hydroxyl groups is 1. The number of rotatable bonds is 12. The van der Waals surface area contributed by atoms with Gasteiger partial charge in [-0.25, -0.2) is 0 Å².